The van der Waals surface area contributed by atoms with Crippen LogP contribution in [0.3, 0.4) is 0 Å². The Balaban J connectivity index is 4.31. The third kappa shape index (κ3) is 59.7. The van der Waals surface area contributed by atoms with Crippen molar-refractivity contribution in [3.05, 3.63) is 72.9 Å². The molecule has 1 unspecified atom stereocenters. The molecule has 0 aromatic heterocycles. The second-order valence-corrected chi connectivity index (χ2v) is 21.3. The van der Waals surface area contributed by atoms with Gasteiger partial charge in [0.1, 0.15) is 13.2 Å². The van der Waals surface area contributed by atoms with E-state index in [2.05, 4.69) is 93.7 Å². The van der Waals surface area contributed by atoms with Crippen LogP contribution in [0.25, 0.3) is 0 Å². The Morgan fingerprint density at radius 2 is 0.527 bits per heavy atom. The van der Waals surface area contributed by atoms with Crippen molar-refractivity contribution in [3.63, 3.8) is 0 Å². The number of carbonyl (C=O) groups is 3. The number of unbranched alkanes of at least 4 members (excludes halogenated alkanes) is 35. The molecule has 6 heteroatoms. The molecule has 6 nitrogen and oxygen atoms in total. The molecule has 0 saturated carbocycles. The fourth-order valence-corrected chi connectivity index (χ4v) is 9.17. The molecule has 0 aliphatic heterocycles. The van der Waals surface area contributed by atoms with Gasteiger partial charge in [0.05, 0.1) is 0 Å². The standard InChI is InChI=1S/C68H120O6/c1-4-7-10-13-16-19-22-25-27-29-31-32-33-34-35-37-38-40-43-46-49-52-55-58-61-67(70)73-64-65(63-72-66(69)60-57-54-51-48-45-42-24-21-18-15-12-9-6-3)74-68(71)62-59-56-53-50-47-44-41-39-36-30-28-26-23-20-17-14-11-8-5-2/h9,12,17-18,20-21,26,28,36,39,42,45,65H,4-8,10-11,13-16,19,22-25,27,29-35,37-38,40-41,43-44,46-64H2,1-3H3/b12-9-,20-17-,21-18-,28-26-,39-36-,45-42-. The Labute approximate surface area is 459 Å². The molecule has 428 valence electrons. The molecule has 0 spiro atoms. The van der Waals surface area contributed by atoms with Crippen molar-refractivity contribution >= 4 is 17.9 Å². The summed E-state index contributed by atoms with van der Waals surface area (Å²) >= 11 is 0. The minimum absolute atomic E-state index is 0.0878. The fourth-order valence-electron chi connectivity index (χ4n) is 9.17. The topological polar surface area (TPSA) is 78.9 Å². The molecule has 0 rings (SSSR count). The highest BCUT2D eigenvalue weighted by molar-refractivity contribution is 5.71. The van der Waals surface area contributed by atoms with E-state index < -0.39 is 6.10 Å². The van der Waals surface area contributed by atoms with Crippen LogP contribution in [0.2, 0.25) is 0 Å². The Bertz CT molecular complexity index is 1370. The number of rotatable bonds is 58. The van der Waals surface area contributed by atoms with Gasteiger partial charge in [-0.15, -0.1) is 0 Å². The van der Waals surface area contributed by atoms with Gasteiger partial charge in [-0.3, -0.25) is 14.4 Å². The number of ether oxygens (including phenoxy) is 3. The van der Waals surface area contributed by atoms with Gasteiger partial charge >= 0.3 is 17.9 Å². The van der Waals surface area contributed by atoms with Crippen LogP contribution in [-0.4, -0.2) is 37.2 Å². The maximum absolute atomic E-state index is 12.9. The molecule has 74 heavy (non-hydrogen) atoms. The van der Waals surface area contributed by atoms with Gasteiger partial charge in [0.25, 0.3) is 0 Å². The molecule has 1 atom stereocenters. The lowest BCUT2D eigenvalue weighted by atomic mass is 10.0. The average molecular weight is 1030 g/mol. The van der Waals surface area contributed by atoms with Crippen LogP contribution in [0.15, 0.2) is 72.9 Å². The van der Waals surface area contributed by atoms with E-state index in [0.29, 0.717) is 19.3 Å². The molecule has 0 heterocycles. The fraction of sp³-hybridized carbons (Fsp3) is 0.779. The minimum atomic E-state index is -0.794. The summed E-state index contributed by atoms with van der Waals surface area (Å²) in [7, 11) is 0. The minimum Gasteiger partial charge on any atom is -0.462 e. The maximum atomic E-state index is 12.9. The van der Waals surface area contributed by atoms with Gasteiger partial charge < -0.3 is 14.2 Å². The third-order valence-electron chi connectivity index (χ3n) is 13.9. The Morgan fingerprint density at radius 1 is 0.284 bits per heavy atom. The van der Waals surface area contributed by atoms with Crippen LogP contribution in [0, 0.1) is 0 Å². The average Bonchev–Trinajstić information content (AvgIpc) is 3.40. The first kappa shape index (κ1) is 70.8. The Hall–Kier alpha value is -3.15. The zero-order valence-electron chi connectivity index (χ0n) is 49.1. The first-order valence-electron chi connectivity index (χ1n) is 31.9. The smallest absolute Gasteiger partial charge is 0.306 e. The number of hydrogen-bond donors (Lipinski definition) is 0. The molecule has 0 aromatic carbocycles. The van der Waals surface area contributed by atoms with E-state index in [0.717, 1.165) is 109 Å². The summed E-state index contributed by atoms with van der Waals surface area (Å²) in [6.45, 7) is 6.50. The molecular formula is C68H120O6. The first-order valence-corrected chi connectivity index (χ1v) is 31.9. The number of carbonyl (C=O) groups excluding carboxylic acids is 3. The summed E-state index contributed by atoms with van der Waals surface area (Å²) in [4.78, 5) is 38.3. The van der Waals surface area contributed by atoms with E-state index >= 15 is 0 Å². The van der Waals surface area contributed by atoms with Crippen molar-refractivity contribution in [1.82, 2.24) is 0 Å². The third-order valence-corrected chi connectivity index (χ3v) is 13.9. The molecule has 0 N–H and O–H groups in total. The number of esters is 3. The van der Waals surface area contributed by atoms with Gasteiger partial charge in [-0.2, -0.15) is 0 Å². The molecule has 0 radical (unpaired) electrons. The highest BCUT2D eigenvalue weighted by Crippen LogP contribution is 2.17. The van der Waals surface area contributed by atoms with Crippen molar-refractivity contribution < 1.29 is 28.6 Å². The van der Waals surface area contributed by atoms with E-state index in [4.69, 9.17) is 14.2 Å². The molecule has 0 aliphatic rings. The van der Waals surface area contributed by atoms with E-state index in [1.165, 1.54) is 173 Å². The predicted molar refractivity (Wildman–Crippen MR) is 321 cm³/mol. The zero-order valence-corrected chi connectivity index (χ0v) is 49.1. The normalized spacial score (nSPS) is 12.5. The van der Waals surface area contributed by atoms with E-state index in [1.54, 1.807) is 0 Å². The van der Waals surface area contributed by atoms with Crippen molar-refractivity contribution in [2.24, 2.45) is 0 Å². The summed E-state index contributed by atoms with van der Waals surface area (Å²) in [5.74, 6) is -0.917. The van der Waals surface area contributed by atoms with Gasteiger partial charge in [0.2, 0.25) is 0 Å². The summed E-state index contributed by atoms with van der Waals surface area (Å²) in [6, 6.07) is 0. The second-order valence-electron chi connectivity index (χ2n) is 21.3. The van der Waals surface area contributed by atoms with Gasteiger partial charge in [0.15, 0.2) is 6.10 Å². The predicted octanol–water partition coefficient (Wildman–Crippen LogP) is 21.7. The summed E-state index contributed by atoms with van der Waals surface area (Å²) in [5, 5.41) is 0. The summed E-state index contributed by atoms with van der Waals surface area (Å²) in [5.41, 5.74) is 0. The lowest BCUT2D eigenvalue weighted by Crippen LogP contribution is -2.30. The molecule has 0 fully saturated rings. The van der Waals surface area contributed by atoms with E-state index in [1.807, 2.05) is 0 Å². The Kier molecular flexibility index (Phi) is 59.7. The number of allylic oxidation sites excluding steroid dienone is 12. The largest absolute Gasteiger partial charge is 0.462 e. The maximum Gasteiger partial charge on any atom is 0.306 e. The van der Waals surface area contributed by atoms with Crippen LogP contribution < -0.4 is 0 Å². The van der Waals surface area contributed by atoms with Crippen LogP contribution in [-0.2, 0) is 28.6 Å². The lowest BCUT2D eigenvalue weighted by Gasteiger charge is -2.18. The van der Waals surface area contributed by atoms with Gasteiger partial charge in [-0.25, -0.2) is 0 Å². The highest BCUT2D eigenvalue weighted by Gasteiger charge is 2.19. The van der Waals surface area contributed by atoms with Gasteiger partial charge in [-0.1, -0.05) is 286 Å². The van der Waals surface area contributed by atoms with Crippen LogP contribution in [0.1, 0.15) is 323 Å². The van der Waals surface area contributed by atoms with Crippen LogP contribution in [0.5, 0.6) is 0 Å². The van der Waals surface area contributed by atoms with Crippen LogP contribution >= 0.6 is 0 Å². The van der Waals surface area contributed by atoms with Crippen molar-refractivity contribution in [2.75, 3.05) is 13.2 Å². The van der Waals surface area contributed by atoms with Crippen LogP contribution in [0.4, 0.5) is 0 Å². The highest BCUT2D eigenvalue weighted by atomic mass is 16.6. The first-order chi connectivity index (χ1) is 36.5. The SMILES string of the molecule is CC/C=C\C/C=C\C/C=C\CCCCCC(=O)OCC(COC(=O)CCCCCCCCCCCCCCCCCCCCCCCCCC)OC(=O)CCCCCCCC/C=C\C/C=C\C/C=C\CCCCC. The molecule has 0 bridgehead atoms. The van der Waals surface area contributed by atoms with Gasteiger partial charge in [-0.05, 0) is 89.9 Å². The lowest BCUT2D eigenvalue weighted by molar-refractivity contribution is -0.167. The van der Waals surface area contributed by atoms with Crippen molar-refractivity contribution in [1.29, 1.82) is 0 Å². The second kappa shape index (κ2) is 62.4. The molecule has 0 aromatic rings. The zero-order chi connectivity index (χ0) is 53.6. The van der Waals surface area contributed by atoms with Crippen molar-refractivity contribution in [2.45, 2.75) is 329 Å². The van der Waals surface area contributed by atoms with E-state index in [-0.39, 0.29) is 31.1 Å². The molecular weight excluding hydrogens is 913 g/mol. The monoisotopic (exact) mass is 1030 g/mol. The van der Waals surface area contributed by atoms with Crippen molar-refractivity contribution in [3.8, 4) is 0 Å². The Morgan fingerprint density at radius 3 is 0.865 bits per heavy atom. The quantitative estimate of drug-likeness (QED) is 0.0261. The summed E-state index contributed by atoms with van der Waals surface area (Å²) in [6.07, 6.45) is 80.6. The van der Waals surface area contributed by atoms with E-state index in [9.17, 15) is 14.4 Å². The molecule has 0 saturated heterocycles. The number of hydrogen-bond acceptors (Lipinski definition) is 6. The molecule has 0 aliphatic carbocycles. The molecule has 0 amide bonds. The summed E-state index contributed by atoms with van der Waals surface area (Å²) < 4.78 is 16.9. The van der Waals surface area contributed by atoms with Gasteiger partial charge in [0, 0.05) is 19.3 Å².